The Balaban J connectivity index is -0.0000000402. The Bertz CT molecular complexity index is 1010. The van der Waals surface area contributed by atoms with Crippen LogP contribution >= 0.6 is 47.8 Å². The van der Waals surface area contributed by atoms with Crippen molar-refractivity contribution >= 4 is 84.9 Å². The summed E-state index contributed by atoms with van der Waals surface area (Å²) in [5.74, 6) is 0.604. The zero-order chi connectivity index (χ0) is 32.9. The molecule has 0 aliphatic carbocycles. The maximum Gasteiger partial charge on any atom is 1.00 e. The van der Waals surface area contributed by atoms with Crippen molar-refractivity contribution < 1.29 is 70.8 Å². The fourth-order valence-electron chi connectivity index (χ4n) is 1.35. The number of rotatable bonds is 0. The summed E-state index contributed by atoms with van der Waals surface area (Å²) < 4.78 is 53.8. The molecule has 3 rings (SSSR count). The van der Waals surface area contributed by atoms with Crippen molar-refractivity contribution in [1.29, 1.82) is 0 Å². The normalized spacial score (nSPS) is 7.84. The molecule has 3 aromatic rings. The van der Waals surface area contributed by atoms with Crippen LogP contribution in [0.4, 0.5) is 0 Å². The number of para-hydroxylation sites is 3. The Kier molecular flexibility index (Phi) is 71.6. The third kappa shape index (κ3) is 70.9. The molecule has 3 aromatic carbocycles. The zero-order valence-electron chi connectivity index (χ0n) is 25.9. The van der Waals surface area contributed by atoms with Crippen LogP contribution in [0.5, 0.6) is 17.2 Å². The minimum atomic E-state index is -3.67. The van der Waals surface area contributed by atoms with E-state index in [-0.39, 0.29) is 78.5 Å². The number of phenolic OH excluding ortho intramolecular Hbond substituents is 2. The number of benzene rings is 3. The summed E-state index contributed by atoms with van der Waals surface area (Å²) in [5, 5.41) is 28.3. The number of hydrogen-bond donors (Lipinski definition) is 4. The summed E-state index contributed by atoms with van der Waals surface area (Å²) in [5.41, 5.74) is 0. The van der Waals surface area contributed by atoms with Gasteiger partial charge in [-0.2, -0.15) is 16.8 Å². The first-order valence-corrected chi connectivity index (χ1v) is 17.6. The standard InChI is InChI=1S/3C6H5BrO.3C2H6.2CH4O3S.2CH4.2B.Na/c3*7-5-3-1-2-4-6(5)8;3*1-2;2*1-5(2,3)4;;;;;/h3*1-4,8H;3*1-2H3;2*1H3,(H,2,3,4);2*1H4;;;/q;;;;;;;;;;;;+1/p-1. The molecule has 0 atom stereocenters. The van der Waals surface area contributed by atoms with E-state index in [0.29, 0.717) is 17.0 Å². The van der Waals surface area contributed by atoms with E-state index in [9.17, 15) is 21.9 Å². The van der Waals surface area contributed by atoms with Crippen molar-refractivity contribution in [3.05, 3.63) is 86.2 Å². The van der Waals surface area contributed by atoms with Gasteiger partial charge >= 0.3 is 29.6 Å². The molecular formula is C28H48B2Br3NaO9S2. The molecule has 6 radical (unpaired) electrons. The van der Waals surface area contributed by atoms with E-state index in [2.05, 4.69) is 47.8 Å². The number of phenols is 2. The maximum absolute atomic E-state index is 10.6. The third-order valence-electron chi connectivity index (χ3n) is 2.54. The van der Waals surface area contributed by atoms with E-state index in [4.69, 9.17) is 19.3 Å². The second-order valence-electron chi connectivity index (χ2n) is 5.80. The van der Waals surface area contributed by atoms with Crippen LogP contribution in [0.15, 0.2) is 86.2 Å². The fraction of sp³-hybridized carbons (Fsp3) is 0.357. The van der Waals surface area contributed by atoms with Crippen molar-refractivity contribution in [2.75, 3.05) is 12.5 Å². The van der Waals surface area contributed by atoms with Crippen LogP contribution in [-0.4, -0.2) is 65.5 Å². The van der Waals surface area contributed by atoms with Crippen LogP contribution in [0.25, 0.3) is 0 Å². The summed E-state index contributed by atoms with van der Waals surface area (Å²) in [6.07, 6.45) is 1.43. The van der Waals surface area contributed by atoms with Crippen molar-refractivity contribution in [1.82, 2.24) is 0 Å². The Morgan fingerprint density at radius 3 is 0.822 bits per heavy atom. The van der Waals surface area contributed by atoms with Crippen LogP contribution in [0, 0.1) is 0 Å². The Morgan fingerprint density at radius 1 is 0.533 bits per heavy atom. The van der Waals surface area contributed by atoms with Gasteiger partial charge in [-0.3, -0.25) is 9.11 Å². The molecule has 0 saturated heterocycles. The largest absolute Gasteiger partial charge is 1.00 e. The molecule has 0 amide bonds. The van der Waals surface area contributed by atoms with E-state index < -0.39 is 20.2 Å². The summed E-state index contributed by atoms with van der Waals surface area (Å²) in [4.78, 5) is 0. The van der Waals surface area contributed by atoms with E-state index in [1.807, 2.05) is 59.7 Å². The van der Waals surface area contributed by atoms with Gasteiger partial charge in [-0.15, -0.1) is 0 Å². The average molecular weight is 877 g/mol. The van der Waals surface area contributed by atoms with Gasteiger partial charge in [0.1, 0.15) is 11.5 Å². The van der Waals surface area contributed by atoms with Gasteiger partial charge in [-0.25, -0.2) is 0 Å². The first-order valence-electron chi connectivity index (χ1n) is 11.5. The van der Waals surface area contributed by atoms with Gasteiger partial charge in [0.05, 0.1) is 21.5 Å². The first-order chi connectivity index (χ1) is 18.4. The second kappa shape index (κ2) is 45.6. The average Bonchev–Trinajstić information content (AvgIpc) is 2.87. The van der Waals surface area contributed by atoms with E-state index in [1.54, 1.807) is 48.5 Å². The Morgan fingerprint density at radius 2 is 0.711 bits per heavy atom. The molecule has 0 saturated carbocycles. The maximum atomic E-state index is 10.6. The molecular weight excluding hydrogens is 829 g/mol. The molecule has 0 fully saturated rings. The zero-order valence-corrected chi connectivity index (χ0v) is 34.3. The summed E-state index contributed by atoms with van der Waals surface area (Å²) in [6, 6.07) is 20.9. The minimum Gasteiger partial charge on any atom is -0.872 e. The van der Waals surface area contributed by atoms with Crippen LogP contribution in [0.1, 0.15) is 56.4 Å². The van der Waals surface area contributed by atoms with Gasteiger partial charge in [0.15, 0.2) is 0 Å². The van der Waals surface area contributed by atoms with Crippen LogP contribution in [0.2, 0.25) is 0 Å². The van der Waals surface area contributed by atoms with Crippen molar-refractivity contribution in [2.45, 2.75) is 56.4 Å². The number of aromatic hydroxyl groups is 2. The second-order valence-corrected chi connectivity index (χ2v) is 11.3. The molecule has 0 bridgehead atoms. The summed E-state index contributed by atoms with van der Waals surface area (Å²) in [6.45, 7) is 12.0. The molecule has 0 unspecified atom stereocenters. The predicted molar refractivity (Wildman–Crippen MR) is 199 cm³/mol. The summed E-state index contributed by atoms with van der Waals surface area (Å²) >= 11 is 9.37. The van der Waals surface area contributed by atoms with Gasteiger partial charge in [0.2, 0.25) is 0 Å². The van der Waals surface area contributed by atoms with Gasteiger partial charge in [-0.05, 0) is 62.2 Å². The first kappa shape index (κ1) is 70.7. The fourth-order valence-corrected chi connectivity index (χ4v) is 2.20. The molecule has 0 heterocycles. The van der Waals surface area contributed by atoms with Crippen LogP contribution < -0.4 is 34.7 Å². The summed E-state index contributed by atoms with van der Waals surface area (Å²) in [7, 11) is -7.33. The van der Waals surface area contributed by atoms with Crippen LogP contribution in [0.3, 0.4) is 0 Å². The molecule has 254 valence electrons. The van der Waals surface area contributed by atoms with E-state index in [1.165, 1.54) is 6.07 Å². The SMILES string of the molecule is C.C.CC.CC.CC.CS(=O)(=O)O.CS(=O)(=O)O.Oc1ccccc1Br.Oc1ccccc1Br.[B].[B].[Na+].[O-]c1ccccc1Br. The third-order valence-corrected chi connectivity index (χ3v) is 4.54. The van der Waals surface area contributed by atoms with E-state index >= 15 is 0 Å². The topological polar surface area (TPSA) is 172 Å². The molecule has 9 nitrogen and oxygen atoms in total. The van der Waals surface area contributed by atoms with Crippen molar-refractivity contribution in [3.8, 4) is 17.2 Å². The molecule has 4 N–H and O–H groups in total. The number of halogens is 3. The van der Waals surface area contributed by atoms with E-state index in [0.717, 1.165) is 8.95 Å². The molecule has 0 spiro atoms. The van der Waals surface area contributed by atoms with Gasteiger partial charge < -0.3 is 15.3 Å². The molecule has 45 heavy (non-hydrogen) atoms. The minimum absolute atomic E-state index is 0. The van der Waals surface area contributed by atoms with Gasteiger partial charge in [0.25, 0.3) is 20.2 Å². The molecule has 0 aliphatic rings. The Labute approximate surface area is 325 Å². The predicted octanol–water partition coefficient (Wildman–Crippen LogP) is 5.43. The van der Waals surface area contributed by atoms with Crippen molar-refractivity contribution in [3.63, 3.8) is 0 Å². The number of hydrogen-bond acceptors (Lipinski definition) is 7. The van der Waals surface area contributed by atoms with Gasteiger partial charge in [-0.1, -0.05) is 121 Å². The quantitative estimate of drug-likeness (QED) is 0.170. The van der Waals surface area contributed by atoms with Gasteiger partial charge in [0, 0.05) is 21.3 Å². The molecule has 0 aromatic heterocycles. The van der Waals surface area contributed by atoms with Crippen molar-refractivity contribution in [2.24, 2.45) is 0 Å². The van der Waals surface area contributed by atoms with Crippen LogP contribution in [-0.2, 0) is 20.2 Å². The monoisotopic (exact) mass is 874 g/mol. The smallest absolute Gasteiger partial charge is 0.872 e. The molecule has 17 heteroatoms. The molecule has 0 aliphatic heterocycles. The Hall–Kier alpha value is -0.550.